The summed E-state index contributed by atoms with van der Waals surface area (Å²) >= 11 is 0. The zero-order valence-electron chi connectivity index (χ0n) is 16.6. The number of hydrogen-bond donors (Lipinski definition) is 0. The van der Waals surface area contributed by atoms with Crippen molar-refractivity contribution in [3.63, 3.8) is 0 Å². The highest BCUT2D eigenvalue weighted by Crippen LogP contribution is 2.54. The van der Waals surface area contributed by atoms with Gasteiger partial charge in [0.05, 0.1) is 0 Å². The number of likely N-dealkylation sites (tertiary alicyclic amines) is 1. The lowest BCUT2D eigenvalue weighted by atomic mass is 9.69. The highest BCUT2D eigenvalue weighted by Gasteiger charge is 2.45. The molecule has 6 rings (SSSR count). The largest absolute Gasteiger partial charge is 0.454 e. The lowest BCUT2D eigenvalue weighted by Crippen LogP contribution is -2.46. The molecule has 6 heteroatoms. The first kappa shape index (κ1) is 18.9. The molecule has 2 aromatic carbocycles. The van der Waals surface area contributed by atoms with Crippen LogP contribution in [0, 0.1) is 0 Å². The van der Waals surface area contributed by atoms with Crippen LogP contribution in [0.2, 0.25) is 0 Å². The molecule has 0 aromatic heterocycles. The maximum absolute atomic E-state index is 5.93. The van der Waals surface area contributed by atoms with E-state index in [9.17, 15) is 0 Å². The van der Waals surface area contributed by atoms with Crippen LogP contribution in [0.4, 0.5) is 0 Å². The van der Waals surface area contributed by atoms with E-state index in [1.807, 2.05) is 6.07 Å². The second-order valence-corrected chi connectivity index (χ2v) is 8.48. The van der Waals surface area contributed by atoms with Gasteiger partial charge in [0, 0.05) is 16.7 Å². The lowest BCUT2D eigenvalue weighted by molar-refractivity contribution is 0.103. The van der Waals surface area contributed by atoms with Gasteiger partial charge >= 0.3 is 0 Å². The van der Waals surface area contributed by atoms with E-state index in [0.717, 1.165) is 48.9 Å². The Labute approximate surface area is 177 Å². The Kier molecular flexibility index (Phi) is 4.56. The Morgan fingerprint density at radius 1 is 0.897 bits per heavy atom. The molecular weight excluding hydrogens is 390 g/mol. The summed E-state index contributed by atoms with van der Waals surface area (Å²) in [6.07, 6.45) is 4.56. The molecule has 154 valence electrons. The van der Waals surface area contributed by atoms with Gasteiger partial charge in [0.1, 0.15) is 0 Å². The Hall–Kier alpha value is -2.11. The van der Waals surface area contributed by atoms with Gasteiger partial charge in [-0.05, 0) is 69.3 Å². The highest BCUT2D eigenvalue weighted by atomic mass is 35.5. The Morgan fingerprint density at radius 3 is 2.41 bits per heavy atom. The summed E-state index contributed by atoms with van der Waals surface area (Å²) in [7, 11) is 0. The number of ether oxygens (including phenoxy) is 4. The predicted molar refractivity (Wildman–Crippen MR) is 112 cm³/mol. The van der Waals surface area contributed by atoms with Gasteiger partial charge < -0.3 is 18.9 Å². The number of halogens is 1. The normalized spacial score (nSPS) is 26.9. The lowest BCUT2D eigenvalue weighted by Gasteiger charge is -2.46. The maximum atomic E-state index is 5.93. The fourth-order valence-corrected chi connectivity index (χ4v) is 5.65. The van der Waals surface area contributed by atoms with Crippen molar-refractivity contribution in [3.8, 4) is 23.0 Å². The van der Waals surface area contributed by atoms with Crippen molar-refractivity contribution in [2.75, 3.05) is 26.7 Å². The molecule has 2 unspecified atom stereocenters. The molecule has 0 bridgehead atoms. The van der Waals surface area contributed by atoms with Crippen molar-refractivity contribution in [2.45, 2.75) is 44.1 Å². The molecule has 3 heterocycles. The first-order valence-electron chi connectivity index (χ1n) is 10.3. The number of nitrogens with zero attached hydrogens (tertiary/aromatic N) is 1. The molecular formula is C23H26ClNO4. The van der Waals surface area contributed by atoms with Crippen molar-refractivity contribution >= 4 is 12.4 Å². The number of para-hydroxylation sites is 1. The fraction of sp³-hybridized carbons (Fsp3) is 0.478. The zero-order valence-corrected chi connectivity index (χ0v) is 17.4. The monoisotopic (exact) mass is 415 g/mol. The van der Waals surface area contributed by atoms with Crippen molar-refractivity contribution in [1.82, 2.24) is 4.90 Å². The van der Waals surface area contributed by atoms with E-state index in [1.165, 1.54) is 29.5 Å². The summed E-state index contributed by atoms with van der Waals surface area (Å²) in [5.74, 6) is 3.96. The predicted octanol–water partition coefficient (Wildman–Crippen LogP) is 4.61. The van der Waals surface area contributed by atoms with Crippen LogP contribution in [0.5, 0.6) is 23.0 Å². The summed E-state index contributed by atoms with van der Waals surface area (Å²) in [5.41, 5.74) is 3.94. The van der Waals surface area contributed by atoms with Crippen LogP contribution >= 0.6 is 12.4 Å². The fourth-order valence-electron chi connectivity index (χ4n) is 5.65. The third-order valence-electron chi connectivity index (χ3n) is 6.99. The first-order chi connectivity index (χ1) is 13.7. The summed E-state index contributed by atoms with van der Waals surface area (Å²) in [5, 5.41) is 0. The van der Waals surface area contributed by atoms with Gasteiger partial charge in [-0.3, -0.25) is 4.90 Å². The molecule has 1 saturated heterocycles. The number of rotatable bonds is 2. The molecule has 0 spiro atoms. The standard InChI is InChI=1S/C23H25NO4.ClH/c1-23(24-9-2-3-10-24)12-15(16-5-4-6-19-21(16)27-13-25-19)11-17-18(23)7-8-20-22(17)28-14-26-20;/h4-8,15H,2-3,9-14H2,1H3;1H. The molecule has 4 aliphatic rings. The minimum Gasteiger partial charge on any atom is -0.454 e. The zero-order chi connectivity index (χ0) is 18.7. The third kappa shape index (κ3) is 2.78. The molecule has 2 atom stereocenters. The van der Waals surface area contributed by atoms with Crippen molar-refractivity contribution in [1.29, 1.82) is 0 Å². The highest BCUT2D eigenvalue weighted by molar-refractivity contribution is 5.85. The second kappa shape index (κ2) is 6.99. The molecule has 0 radical (unpaired) electrons. The molecule has 1 aliphatic carbocycles. The average molecular weight is 416 g/mol. The molecule has 5 nitrogen and oxygen atoms in total. The molecule has 0 saturated carbocycles. The first-order valence-corrected chi connectivity index (χ1v) is 10.3. The van der Waals surface area contributed by atoms with Crippen LogP contribution in [-0.2, 0) is 12.0 Å². The molecule has 0 amide bonds. The van der Waals surface area contributed by atoms with Gasteiger partial charge in [-0.25, -0.2) is 0 Å². The van der Waals surface area contributed by atoms with Crippen molar-refractivity contribution in [2.24, 2.45) is 0 Å². The Bertz CT molecular complexity index is 943. The molecule has 29 heavy (non-hydrogen) atoms. The van der Waals surface area contributed by atoms with Crippen molar-refractivity contribution < 1.29 is 18.9 Å². The van der Waals surface area contributed by atoms with E-state index in [2.05, 4.69) is 36.1 Å². The molecule has 3 aliphatic heterocycles. The van der Waals surface area contributed by atoms with Crippen LogP contribution in [-0.4, -0.2) is 31.6 Å². The minimum atomic E-state index is -0.0160. The average Bonchev–Trinajstić information content (AvgIpc) is 3.48. The topological polar surface area (TPSA) is 40.2 Å². The van der Waals surface area contributed by atoms with Gasteiger partial charge in [0.15, 0.2) is 23.0 Å². The SMILES string of the molecule is CC1(N2CCCC2)CC(c2cccc3c2OCO3)Cc2c1ccc1c2OCO1.Cl. The van der Waals surface area contributed by atoms with E-state index >= 15 is 0 Å². The number of fused-ring (bicyclic) bond motifs is 4. The molecule has 1 fully saturated rings. The second-order valence-electron chi connectivity index (χ2n) is 8.48. The van der Waals surface area contributed by atoms with E-state index in [-0.39, 0.29) is 17.9 Å². The van der Waals surface area contributed by atoms with E-state index < -0.39 is 0 Å². The molecule has 0 N–H and O–H groups in total. The van der Waals surface area contributed by atoms with Crippen LogP contribution < -0.4 is 18.9 Å². The van der Waals surface area contributed by atoms with E-state index in [1.54, 1.807) is 0 Å². The van der Waals surface area contributed by atoms with Crippen LogP contribution in [0.1, 0.15) is 48.8 Å². The van der Waals surface area contributed by atoms with Gasteiger partial charge in [-0.1, -0.05) is 18.2 Å². The van der Waals surface area contributed by atoms with Gasteiger partial charge in [0.2, 0.25) is 13.6 Å². The Morgan fingerprint density at radius 2 is 1.62 bits per heavy atom. The van der Waals surface area contributed by atoms with E-state index in [0.29, 0.717) is 19.5 Å². The third-order valence-corrected chi connectivity index (χ3v) is 6.99. The van der Waals surface area contributed by atoms with Gasteiger partial charge in [-0.2, -0.15) is 0 Å². The van der Waals surface area contributed by atoms with Crippen molar-refractivity contribution in [3.05, 3.63) is 47.0 Å². The quantitative estimate of drug-likeness (QED) is 0.716. The summed E-state index contributed by atoms with van der Waals surface area (Å²) < 4.78 is 23.1. The van der Waals surface area contributed by atoms with Gasteiger partial charge in [0.25, 0.3) is 0 Å². The summed E-state index contributed by atoms with van der Waals surface area (Å²) in [6.45, 7) is 5.35. The number of hydrogen-bond acceptors (Lipinski definition) is 5. The summed E-state index contributed by atoms with van der Waals surface area (Å²) in [4.78, 5) is 2.67. The molecule has 2 aromatic rings. The number of benzene rings is 2. The van der Waals surface area contributed by atoms with Crippen LogP contribution in [0.25, 0.3) is 0 Å². The smallest absolute Gasteiger partial charge is 0.231 e. The van der Waals surface area contributed by atoms with Crippen LogP contribution in [0.15, 0.2) is 30.3 Å². The minimum absolute atomic E-state index is 0. The van der Waals surface area contributed by atoms with Crippen LogP contribution in [0.3, 0.4) is 0 Å². The van der Waals surface area contributed by atoms with E-state index in [4.69, 9.17) is 18.9 Å². The Balaban J connectivity index is 0.00000181. The summed E-state index contributed by atoms with van der Waals surface area (Å²) in [6, 6.07) is 10.6. The maximum Gasteiger partial charge on any atom is 0.231 e. The van der Waals surface area contributed by atoms with Gasteiger partial charge in [-0.15, -0.1) is 12.4 Å².